The topological polar surface area (TPSA) is 42.0 Å². The summed E-state index contributed by atoms with van der Waals surface area (Å²) < 4.78 is 10.6. The van der Waals surface area contributed by atoms with Gasteiger partial charge in [-0.2, -0.15) is 0 Å². The predicted molar refractivity (Wildman–Crippen MR) is 83.2 cm³/mol. The van der Waals surface area contributed by atoms with Gasteiger partial charge < -0.3 is 19.3 Å². The van der Waals surface area contributed by atoms with Gasteiger partial charge in [0.15, 0.2) is 11.5 Å². The summed E-state index contributed by atoms with van der Waals surface area (Å²) in [6.45, 7) is 5.31. The molecule has 1 aliphatic rings. The summed E-state index contributed by atoms with van der Waals surface area (Å²) in [5, 5.41) is 0. The largest absolute Gasteiger partial charge is 0.493 e. The number of methoxy groups -OCH3 is 2. The maximum atomic E-state index is 11.9. The minimum Gasteiger partial charge on any atom is -0.493 e. The minimum absolute atomic E-state index is 0.268. The summed E-state index contributed by atoms with van der Waals surface area (Å²) in [5.41, 5.74) is 1.11. The smallest absolute Gasteiger partial charge is 0.222 e. The first-order chi connectivity index (χ1) is 10.2. The van der Waals surface area contributed by atoms with Crippen LogP contribution in [0.3, 0.4) is 0 Å². The molecule has 0 aliphatic carbocycles. The van der Waals surface area contributed by atoms with Gasteiger partial charge in [-0.1, -0.05) is 6.92 Å². The van der Waals surface area contributed by atoms with E-state index in [1.54, 1.807) is 14.2 Å². The molecule has 5 nitrogen and oxygen atoms in total. The molecule has 0 saturated carbocycles. The Morgan fingerprint density at radius 2 is 1.76 bits per heavy atom. The molecule has 1 heterocycles. The van der Waals surface area contributed by atoms with Crippen LogP contribution < -0.4 is 14.4 Å². The number of benzene rings is 1. The Labute approximate surface area is 126 Å². The van der Waals surface area contributed by atoms with E-state index in [-0.39, 0.29) is 5.91 Å². The van der Waals surface area contributed by atoms with Crippen LogP contribution in [-0.2, 0) is 4.79 Å². The van der Waals surface area contributed by atoms with Crippen molar-refractivity contribution in [1.29, 1.82) is 0 Å². The van der Waals surface area contributed by atoms with Crippen molar-refractivity contribution in [1.82, 2.24) is 4.90 Å². The molecule has 1 aromatic rings. The molecule has 1 aromatic carbocycles. The van der Waals surface area contributed by atoms with Gasteiger partial charge in [-0.15, -0.1) is 0 Å². The van der Waals surface area contributed by atoms with Gasteiger partial charge in [-0.3, -0.25) is 4.79 Å². The Morgan fingerprint density at radius 3 is 2.33 bits per heavy atom. The average Bonchev–Trinajstić information content (AvgIpc) is 2.54. The van der Waals surface area contributed by atoms with Crippen molar-refractivity contribution in [2.24, 2.45) is 0 Å². The maximum Gasteiger partial charge on any atom is 0.222 e. The van der Waals surface area contributed by atoms with E-state index in [4.69, 9.17) is 9.47 Å². The van der Waals surface area contributed by atoms with Crippen LogP contribution in [0.25, 0.3) is 0 Å². The highest BCUT2D eigenvalue weighted by molar-refractivity contribution is 5.76. The van der Waals surface area contributed by atoms with Crippen LogP contribution in [0, 0.1) is 0 Å². The summed E-state index contributed by atoms with van der Waals surface area (Å²) in [6.07, 6.45) is 1.56. The second kappa shape index (κ2) is 7.20. The Bertz CT molecular complexity index is 482. The summed E-state index contributed by atoms with van der Waals surface area (Å²) in [7, 11) is 3.28. The lowest BCUT2D eigenvalue weighted by Gasteiger charge is -2.36. The van der Waals surface area contributed by atoms with Crippen molar-refractivity contribution in [2.75, 3.05) is 45.3 Å². The third-order valence-electron chi connectivity index (χ3n) is 3.83. The van der Waals surface area contributed by atoms with Gasteiger partial charge >= 0.3 is 0 Å². The van der Waals surface area contributed by atoms with Crippen molar-refractivity contribution in [3.63, 3.8) is 0 Å². The average molecular weight is 292 g/mol. The van der Waals surface area contributed by atoms with E-state index in [2.05, 4.69) is 4.90 Å². The summed E-state index contributed by atoms with van der Waals surface area (Å²) in [5.74, 6) is 1.74. The van der Waals surface area contributed by atoms with E-state index >= 15 is 0 Å². The van der Waals surface area contributed by atoms with E-state index < -0.39 is 0 Å². The van der Waals surface area contributed by atoms with Crippen molar-refractivity contribution >= 4 is 11.6 Å². The van der Waals surface area contributed by atoms with E-state index in [1.807, 2.05) is 30.0 Å². The number of carbonyl (C=O) groups is 1. The summed E-state index contributed by atoms with van der Waals surface area (Å²) >= 11 is 0. The quantitative estimate of drug-likeness (QED) is 0.834. The third kappa shape index (κ3) is 3.60. The first-order valence-electron chi connectivity index (χ1n) is 7.44. The summed E-state index contributed by atoms with van der Waals surface area (Å²) in [4.78, 5) is 16.1. The molecule has 1 saturated heterocycles. The normalized spacial score (nSPS) is 15.0. The number of carbonyl (C=O) groups excluding carboxylic acids is 1. The number of amides is 1. The van der Waals surface area contributed by atoms with Gasteiger partial charge in [0.1, 0.15) is 0 Å². The second-order valence-corrected chi connectivity index (χ2v) is 5.16. The molecular weight excluding hydrogens is 268 g/mol. The monoisotopic (exact) mass is 292 g/mol. The van der Waals surface area contributed by atoms with E-state index in [9.17, 15) is 4.79 Å². The van der Waals surface area contributed by atoms with Crippen molar-refractivity contribution in [3.05, 3.63) is 18.2 Å². The van der Waals surface area contributed by atoms with Crippen molar-refractivity contribution < 1.29 is 14.3 Å². The number of hydrogen-bond donors (Lipinski definition) is 0. The molecule has 0 unspecified atom stereocenters. The third-order valence-corrected chi connectivity index (χ3v) is 3.83. The fraction of sp³-hybridized carbons (Fsp3) is 0.562. The molecule has 1 fully saturated rings. The Morgan fingerprint density at radius 1 is 1.10 bits per heavy atom. The van der Waals surface area contributed by atoms with Crippen LogP contribution in [0.4, 0.5) is 5.69 Å². The highest BCUT2D eigenvalue weighted by atomic mass is 16.5. The van der Waals surface area contributed by atoms with Gasteiger partial charge in [0, 0.05) is 44.4 Å². The predicted octanol–water partition coefficient (Wildman–Crippen LogP) is 2.15. The molecule has 0 aromatic heterocycles. The van der Waals surface area contributed by atoms with Crippen LogP contribution in [-0.4, -0.2) is 51.2 Å². The van der Waals surface area contributed by atoms with Crippen LogP contribution in [0.5, 0.6) is 11.5 Å². The first-order valence-corrected chi connectivity index (χ1v) is 7.44. The van der Waals surface area contributed by atoms with E-state index in [0.29, 0.717) is 6.42 Å². The number of piperazine rings is 1. The first kappa shape index (κ1) is 15.5. The molecule has 116 valence electrons. The zero-order chi connectivity index (χ0) is 15.2. The lowest BCUT2D eigenvalue weighted by atomic mass is 10.2. The van der Waals surface area contributed by atoms with Crippen LogP contribution >= 0.6 is 0 Å². The molecular formula is C16H24N2O3. The SMILES string of the molecule is CCCC(=O)N1CCN(c2ccc(OC)c(OC)c2)CC1. The Balaban J connectivity index is 2.00. The number of nitrogens with zero attached hydrogens (tertiary/aromatic N) is 2. The fourth-order valence-electron chi connectivity index (χ4n) is 2.61. The zero-order valence-corrected chi connectivity index (χ0v) is 13.1. The van der Waals surface area contributed by atoms with E-state index in [1.165, 1.54) is 0 Å². The van der Waals surface area contributed by atoms with Crippen LogP contribution in [0.15, 0.2) is 18.2 Å². The summed E-state index contributed by atoms with van der Waals surface area (Å²) in [6, 6.07) is 5.94. The van der Waals surface area contributed by atoms with E-state index in [0.717, 1.165) is 49.8 Å². The maximum absolute atomic E-state index is 11.9. The molecule has 0 spiro atoms. The standard InChI is InChI=1S/C16H24N2O3/c1-4-5-16(19)18-10-8-17(9-11-18)13-6-7-14(20-2)15(12-13)21-3/h6-7,12H,4-5,8-11H2,1-3H3. The zero-order valence-electron chi connectivity index (χ0n) is 13.1. The Hall–Kier alpha value is -1.91. The Kier molecular flexibility index (Phi) is 5.31. The molecule has 0 atom stereocenters. The van der Waals surface area contributed by atoms with Gasteiger partial charge in [0.2, 0.25) is 5.91 Å². The van der Waals surface area contributed by atoms with Gasteiger partial charge in [0.05, 0.1) is 14.2 Å². The molecule has 5 heteroatoms. The molecule has 1 aliphatic heterocycles. The molecule has 0 N–H and O–H groups in total. The number of ether oxygens (including phenoxy) is 2. The second-order valence-electron chi connectivity index (χ2n) is 5.16. The van der Waals surface area contributed by atoms with Crippen LogP contribution in [0.2, 0.25) is 0 Å². The molecule has 1 amide bonds. The van der Waals surface area contributed by atoms with Crippen molar-refractivity contribution in [3.8, 4) is 11.5 Å². The molecule has 2 rings (SSSR count). The lowest BCUT2D eigenvalue weighted by molar-refractivity contribution is -0.131. The number of hydrogen-bond acceptors (Lipinski definition) is 4. The van der Waals surface area contributed by atoms with Gasteiger partial charge in [-0.25, -0.2) is 0 Å². The van der Waals surface area contributed by atoms with Gasteiger partial charge in [0.25, 0.3) is 0 Å². The molecule has 0 bridgehead atoms. The van der Waals surface area contributed by atoms with Gasteiger partial charge in [-0.05, 0) is 18.6 Å². The minimum atomic E-state index is 0.268. The number of anilines is 1. The molecule has 21 heavy (non-hydrogen) atoms. The highest BCUT2D eigenvalue weighted by Crippen LogP contribution is 2.31. The number of rotatable bonds is 5. The van der Waals surface area contributed by atoms with Crippen LogP contribution in [0.1, 0.15) is 19.8 Å². The lowest BCUT2D eigenvalue weighted by Crippen LogP contribution is -2.48. The fourth-order valence-corrected chi connectivity index (χ4v) is 2.61. The highest BCUT2D eigenvalue weighted by Gasteiger charge is 2.21. The van der Waals surface area contributed by atoms with Crippen molar-refractivity contribution in [2.45, 2.75) is 19.8 Å². The molecule has 0 radical (unpaired) electrons.